The van der Waals surface area contributed by atoms with Crippen molar-refractivity contribution < 1.29 is 8.81 Å². The van der Waals surface area contributed by atoms with Crippen molar-refractivity contribution in [2.24, 2.45) is 0 Å². The van der Waals surface area contributed by atoms with Crippen LogP contribution < -0.4 is 0 Å². The number of fused-ring (bicyclic) bond motifs is 3. The number of aryl methyl sites for hydroxylation is 1. The molecular weight excluding hydrogens is 351 g/mol. The fourth-order valence-corrected chi connectivity index (χ4v) is 3.65. The minimum Gasteiger partial charge on any atom is -0.456 e. The van der Waals surface area contributed by atoms with E-state index in [0.29, 0.717) is 5.69 Å². The first kappa shape index (κ1) is 16.6. The van der Waals surface area contributed by atoms with Crippen LogP contribution in [0.3, 0.4) is 0 Å². The third kappa shape index (κ3) is 2.93. The van der Waals surface area contributed by atoms with Crippen LogP contribution in [0.1, 0.15) is 17.0 Å². The maximum atomic E-state index is 13.6. The highest BCUT2D eigenvalue weighted by Crippen LogP contribution is 2.34. The topological polar surface area (TPSA) is 38.9 Å². The van der Waals surface area contributed by atoms with Gasteiger partial charge in [-0.25, -0.2) is 4.39 Å². The van der Waals surface area contributed by atoms with E-state index in [9.17, 15) is 4.39 Å². The van der Waals surface area contributed by atoms with E-state index in [0.717, 1.165) is 45.3 Å². The molecule has 4 heteroatoms. The van der Waals surface area contributed by atoms with Crippen molar-refractivity contribution in [2.75, 3.05) is 0 Å². The van der Waals surface area contributed by atoms with Crippen molar-refractivity contribution in [3.63, 3.8) is 0 Å². The molecule has 0 saturated heterocycles. The molecule has 0 aliphatic carbocycles. The molecule has 5 rings (SSSR count). The fraction of sp³-hybridized carbons (Fsp3) is 0.0833. The summed E-state index contributed by atoms with van der Waals surface area (Å²) in [6.45, 7) is 1.98. The van der Waals surface area contributed by atoms with E-state index >= 15 is 0 Å². The summed E-state index contributed by atoms with van der Waals surface area (Å²) in [6.07, 6.45) is 2.20. The van der Waals surface area contributed by atoms with E-state index < -0.39 is 0 Å². The van der Waals surface area contributed by atoms with Crippen molar-refractivity contribution >= 4 is 21.9 Å². The molecule has 5 aromatic rings. The second-order valence-electron chi connectivity index (χ2n) is 6.92. The predicted octanol–water partition coefficient (Wildman–Crippen LogP) is 6.08. The molecule has 0 aliphatic heterocycles. The Morgan fingerprint density at radius 2 is 1.79 bits per heavy atom. The van der Waals surface area contributed by atoms with Gasteiger partial charge < -0.3 is 4.42 Å². The molecule has 0 amide bonds. The first-order chi connectivity index (χ1) is 13.7. The van der Waals surface area contributed by atoms with Gasteiger partial charge in [0.15, 0.2) is 0 Å². The Labute approximate surface area is 161 Å². The Morgan fingerprint density at radius 3 is 2.61 bits per heavy atom. The van der Waals surface area contributed by atoms with Crippen molar-refractivity contribution in [1.82, 2.24) is 9.97 Å². The van der Waals surface area contributed by atoms with Crippen LogP contribution in [0.15, 0.2) is 77.3 Å². The second-order valence-corrected chi connectivity index (χ2v) is 6.92. The standard InChI is InChI=1S/C24H17FN2O/c1-15-11-23-24(21(27-15)12-16-5-3-2-4-6-16)19-13-17(7-8-22(19)28-23)20-14-18(25)9-10-26-20/h2-11,13-14H,12H2,1H3. The molecule has 0 aliphatic rings. The Bertz CT molecular complexity index is 1310. The fourth-order valence-electron chi connectivity index (χ4n) is 3.65. The van der Waals surface area contributed by atoms with E-state index in [4.69, 9.17) is 9.40 Å². The van der Waals surface area contributed by atoms with Gasteiger partial charge in [0.1, 0.15) is 17.0 Å². The van der Waals surface area contributed by atoms with Gasteiger partial charge in [-0.05, 0) is 36.8 Å². The van der Waals surface area contributed by atoms with E-state index in [1.165, 1.54) is 23.9 Å². The number of hydrogen-bond acceptors (Lipinski definition) is 3. The highest BCUT2D eigenvalue weighted by Gasteiger charge is 2.15. The van der Waals surface area contributed by atoms with Crippen molar-refractivity contribution in [1.29, 1.82) is 0 Å². The number of furan rings is 1. The Hall–Kier alpha value is -3.53. The molecule has 3 aromatic heterocycles. The molecule has 0 atom stereocenters. The highest BCUT2D eigenvalue weighted by atomic mass is 19.1. The molecule has 0 fully saturated rings. The molecule has 3 heterocycles. The Kier molecular flexibility index (Phi) is 3.90. The number of aromatic nitrogens is 2. The summed E-state index contributed by atoms with van der Waals surface area (Å²) in [6, 6.07) is 20.8. The molecule has 28 heavy (non-hydrogen) atoms. The monoisotopic (exact) mass is 368 g/mol. The quantitative estimate of drug-likeness (QED) is 0.387. The lowest BCUT2D eigenvalue weighted by Gasteiger charge is -2.05. The summed E-state index contributed by atoms with van der Waals surface area (Å²) in [5, 5.41) is 1.97. The summed E-state index contributed by atoms with van der Waals surface area (Å²) >= 11 is 0. The molecule has 0 spiro atoms. The molecule has 0 N–H and O–H groups in total. The molecule has 2 aromatic carbocycles. The average molecular weight is 368 g/mol. The number of pyridine rings is 2. The summed E-state index contributed by atoms with van der Waals surface area (Å²) < 4.78 is 19.7. The molecule has 136 valence electrons. The van der Waals surface area contributed by atoms with Gasteiger partial charge in [0, 0.05) is 41.4 Å². The zero-order valence-corrected chi connectivity index (χ0v) is 15.3. The lowest BCUT2D eigenvalue weighted by atomic mass is 10.0. The number of rotatable bonds is 3. The van der Waals surface area contributed by atoms with E-state index in [2.05, 4.69) is 17.1 Å². The van der Waals surface area contributed by atoms with Gasteiger partial charge >= 0.3 is 0 Å². The molecule has 3 nitrogen and oxygen atoms in total. The summed E-state index contributed by atoms with van der Waals surface area (Å²) in [5.74, 6) is -0.302. The van der Waals surface area contributed by atoms with Crippen LogP contribution in [0.4, 0.5) is 4.39 Å². The van der Waals surface area contributed by atoms with Crippen molar-refractivity contribution in [3.05, 3.63) is 95.7 Å². The molecule has 0 bridgehead atoms. The van der Waals surface area contributed by atoms with Crippen LogP contribution in [-0.2, 0) is 6.42 Å². The summed E-state index contributed by atoms with van der Waals surface area (Å²) in [4.78, 5) is 9.10. The lowest BCUT2D eigenvalue weighted by Crippen LogP contribution is -1.95. The van der Waals surface area contributed by atoms with Gasteiger partial charge in [0.25, 0.3) is 0 Å². The van der Waals surface area contributed by atoms with Gasteiger partial charge in [-0.3, -0.25) is 9.97 Å². The zero-order valence-electron chi connectivity index (χ0n) is 15.3. The van der Waals surface area contributed by atoms with Crippen molar-refractivity contribution in [3.8, 4) is 11.3 Å². The van der Waals surface area contributed by atoms with Gasteiger partial charge in [-0.1, -0.05) is 30.3 Å². The normalized spacial score (nSPS) is 11.4. The predicted molar refractivity (Wildman–Crippen MR) is 109 cm³/mol. The van der Waals surface area contributed by atoms with Crippen LogP contribution in [-0.4, -0.2) is 9.97 Å². The number of benzene rings is 2. The maximum Gasteiger partial charge on any atom is 0.139 e. The number of hydrogen-bond donors (Lipinski definition) is 0. The SMILES string of the molecule is Cc1cc2oc3ccc(-c4cc(F)ccn4)cc3c2c(Cc2ccccc2)n1. The molecule has 0 unspecified atom stereocenters. The summed E-state index contributed by atoms with van der Waals surface area (Å²) in [5.41, 5.74) is 6.14. The average Bonchev–Trinajstić information content (AvgIpc) is 3.06. The van der Waals surface area contributed by atoms with Crippen LogP contribution in [0.25, 0.3) is 33.2 Å². The summed E-state index contributed by atoms with van der Waals surface area (Å²) in [7, 11) is 0. The lowest BCUT2D eigenvalue weighted by molar-refractivity contribution is 0.626. The first-order valence-electron chi connectivity index (χ1n) is 9.16. The third-order valence-corrected chi connectivity index (χ3v) is 4.89. The molecule has 0 saturated carbocycles. The van der Waals surface area contributed by atoms with Crippen molar-refractivity contribution in [2.45, 2.75) is 13.3 Å². The number of nitrogens with zero attached hydrogens (tertiary/aromatic N) is 2. The van der Waals surface area contributed by atoms with Gasteiger partial charge in [-0.2, -0.15) is 0 Å². The van der Waals surface area contributed by atoms with Crippen LogP contribution in [0.2, 0.25) is 0 Å². The highest BCUT2D eigenvalue weighted by molar-refractivity contribution is 6.07. The largest absolute Gasteiger partial charge is 0.456 e. The van der Waals surface area contributed by atoms with E-state index in [1.807, 2.05) is 49.4 Å². The van der Waals surface area contributed by atoms with E-state index in [-0.39, 0.29) is 5.82 Å². The van der Waals surface area contributed by atoms with Crippen LogP contribution in [0, 0.1) is 12.7 Å². The van der Waals surface area contributed by atoms with Gasteiger partial charge in [0.05, 0.1) is 16.8 Å². The van der Waals surface area contributed by atoms with E-state index in [1.54, 1.807) is 0 Å². The first-order valence-corrected chi connectivity index (χ1v) is 9.16. The smallest absolute Gasteiger partial charge is 0.139 e. The van der Waals surface area contributed by atoms with Crippen LogP contribution >= 0.6 is 0 Å². The zero-order chi connectivity index (χ0) is 19.1. The minimum absolute atomic E-state index is 0.302. The Balaban J connectivity index is 1.73. The van der Waals surface area contributed by atoms with Gasteiger partial charge in [-0.15, -0.1) is 0 Å². The number of halogens is 1. The molecular formula is C24H17FN2O. The second kappa shape index (κ2) is 6.57. The van der Waals surface area contributed by atoms with Gasteiger partial charge in [0.2, 0.25) is 0 Å². The molecule has 0 radical (unpaired) electrons. The minimum atomic E-state index is -0.302. The Morgan fingerprint density at radius 1 is 0.929 bits per heavy atom. The third-order valence-electron chi connectivity index (χ3n) is 4.89. The van der Waals surface area contributed by atoms with Crippen LogP contribution in [0.5, 0.6) is 0 Å². The maximum absolute atomic E-state index is 13.6.